The van der Waals surface area contributed by atoms with Crippen molar-refractivity contribution in [3.05, 3.63) is 36.2 Å². The van der Waals surface area contributed by atoms with E-state index in [1.807, 2.05) is 27.8 Å². The predicted octanol–water partition coefficient (Wildman–Crippen LogP) is 3.12. The summed E-state index contributed by atoms with van der Waals surface area (Å²) in [6.07, 6.45) is 5.91. The molecule has 2 saturated heterocycles. The number of carbonyl (C=O) groups excluding carboxylic acids is 1. The number of aromatic nitrogens is 3. The van der Waals surface area contributed by atoms with E-state index in [1.54, 1.807) is 12.5 Å². The lowest BCUT2D eigenvalue weighted by Crippen LogP contribution is -2.55. The van der Waals surface area contributed by atoms with Crippen LogP contribution in [0.25, 0.3) is 22.5 Å². The average molecular weight is 437 g/mol. The van der Waals surface area contributed by atoms with Crippen LogP contribution in [-0.4, -0.2) is 87.7 Å². The lowest BCUT2D eigenvalue weighted by Gasteiger charge is -2.42. The van der Waals surface area contributed by atoms with E-state index in [-0.39, 0.29) is 11.9 Å². The van der Waals surface area contributed by atoms with Crippen LogP contribution < -0.4 is 0 Å². The second-order valence-electron chi connectivity index (χ2n) is 9.34. The SMILES string of the molecule is CC(C)n1ncc2c(C(=O)N3CCN(C4CCCN(C)C4)CC3)cc(-c3ccco3)nc21. The van der Waals surface area contributed by atoms with Crippen molar-refractivity contribution in [3.8, 4) is 11.5 Å². The smallest absolute Gasteiger partial charge is 0.254 e. The minimum Gasteiger partial charge on any atom is -0.463 e. The van der Waals surface area contributed by atoms with Gasteiger partial charge in [-0.2, -0.15) is 5.10 Å². The maximum absolute atomic E-state index is 13.7. The van der Waals surface area contributed by atoms with Gasteiger partial charge in [0.15, 0.2) is 11.4 Å². The highest BCUT2D eigenvalue weighted by atomic mass is 16.3. The topological polar surface area (TPSA) is 70.6 Å². The first-order valence-electron chi connectivity index (χ1n) is 11.7. The summed E-state index contributed by atoms with van der Waals surface area (Å²) in [5.41, 5.74) is 2.04. The van der Waals surface area contributed by atoms with E-state index in [0.29, 0.717) is 23.1 Å². The molecular formula is C24H32N6O2. The van der Waals surface area contributed by atoms with E-state index in [9.17, 15) is 4.79 Å². The Bertz CT molecular complexity index is 1080. The molecule has 1 amide bonds. The van der Waals surface area contributed by atoms with Crippen LogP contribution in [0.1, 0.15) is 43.1 Å². The number of hydrogen-bond acceptors (Lipinski definition) is 6. The number of likely N-dealkylation sites (tertiary alicyclic amines) is 1. The molecule has 170 valence electrons. The summed E-state index contributed by atoms with van der Waals surface area (Å²) in [7, 11) is 2.20. The molecule has 2 aliphatic heterocycles. The molecule has 1 unspecified atom stereocenters. The number of fused-ring (bicyclic) bond motifs is 1. The molecule has 0 spiro atoms. The van der Waals surface area contributed by atoms with Crippen molar-refractivity contribution in [1.29, 1.82) is 0 Å². The van der Waals surface area contributed by atoms with Crippen LogP contribution in [0.2, 0.25) is 0 Å². The maximum atomic E-state index is 13.7. The summed E-state index contributed by atoms with van der Waals surface area (Å²) < 4.78 is 7.46. The zero-order valence-corrected chi connectivity index (χ0v) is 19.2. The molecule has 32 heavy (non-hydrogen) atoms. The number of carbonyl (C=O) groups is 1. The number of piperazine rings is 1. The third-order valence-electron chi connectivity index (χ3n) is 6.78. The van der Waals surface area contributed by atoms with E-state index in [4.69, 9.17) is 9.40 Å². The van der Waals surface area contributed by atoms with Crippen molar-refractivity contribution in [2.24, 2.45) is 0 Å². The quantitative estimate of drug-likeness (QED) is 0.626. The molecule has 0 bridgehead atoms. The van der Waals surface area contributed by atoms with Gasteiger partial charge in [-0.05, 0) is 58.5 Å². The highest BCUT2D eigenvalue weighted by molar-refractivity contribution is 6.06. The summed E-state index contributed by atoms with van der Waals surface area (Å²) in [4.78, 5) is 25.4. The predicted molar refractivity (Wildman–Crippen MR) is 124 cm³/mol. The van der Waals surface area contributed by atoms with Crippen LogP contribution in [0.4, 0.5) is 0 Å². The fourth-order valence-electron chi connectivity index (χ4n) is 5.02. The van der Waals surface area contributed by atoms with Crippen LogP contribution in [0.3, 0.4) is 0 Å². The molecule has 0 radical (unpaired) electrons. The summed E-state index contributed by atoms with van der Waals surface area (Å²) in [5.74, 6) is 0.706. The fraction of sp³-hybridized carbons (Fsp3) is 0.542. The van der Waals surface area contributed by atoms with Gasteiger partial charge in [0.1, 0.15) is 5.69 Å². The van der Waals surface area contributed by atoms with Crippen molar-refractivity contribution in [2.75, 3.05) is 46.3 Å². The number of hydrogen-bond donors (Lipinski definition) is 0. The Morgan fingerprint density at radius 1 is 1.19 bits per heavy atom. The summed E-state index contributed by atoms with van der Waals surface area (Å²) in [6.45, 7) is 9.79. The third kappa shape index (κ3) is 3.93. The molecule has 5 heterocycles. The minimum atomic E-state index is 0.0499. The zero-order chi connectivity index (χ0) is 22.2. The number of piperidine rings is 1. The first-order valence-corrected chi connectivity index (χ1v) is 11.7. The Morgan fingerprint density at radius 2 is 2.00 bits per heavy atom. The molecule has 0 saturated carbocycles. The van der Waals surface area contributed by atoms with Crippen molar-refractivity contribution in [1.82, 2.24) is 29.5 Å². The Balaban J connectivity index is 1.41. The van der Waals surface area contributed by atoms with Crippen molar-refractivity contribution < 1.29 is 9.21 Å². The third-order valence-corrected chi connectivity index (χ3v) is 6.78. The van der Waals surface area contributed by atoms with Crippen LogP contribution in [0, 0.1) is 0 Å². The standard InChI is InChI=1S/C24H32N6O2/c1-17(2)30-23-20(15-25-30)19(14-21(26-23)22-7-5-13-32-22)24(31)29-11-9-28(10-12-29)18-6-4-8-27(3)16-18/h5,7,13-15,17-18H,4,6,8-12,16H2,1-3H3. The first kappa shape index (κ1) is 21.2. The second kappa shape index (κ2) is 8.67. The first-order chi connectivity index (χ1) is 15.5. The molecule has 0 aromatic carbocycles. The molecule has 8 nitrogen and oxygen atoms in total. The summed E-state index contributed by atoms with van der Waals surface area (Å²) in [6, 6.07) is 6.32. The van der Waals surface area contributed by atoms with Gasteiger partial charge < -0.3 is 14.2 Å². The summed E-state index contributed by atoms with van der Waals surface area (Å²) in [5, 5.41) is 5.33. The normalized spacial score (nSPS) is 21.0. The molecule has 2 fully saturated rings. The molecule has 2 aliphatic rings. The number of nitrogens with zero attached hydrogens (tertiary/aromatic N) is 6. The van der Waals surface area contributed by atoms with E-state index in [1.165, 1.54) is 19.4 Å². The van der Waals surface area contributed by atoms with E-state index < -0.39 is 0 Å². The molecule has 0 aliphatic carbocycles. The van der Waals surface area contributed by atoms with E-state index in [2.05, 4.69) is 35.8 Å². The Labute approximate surface area is 188 Å². The number of pyridine rings is 1. The van der Waals surface area contributed by atoms with Crippen molar-refractivity contribution >= 4 is 16.9 Å². The fourth-order valence-corrected chi connectivity index (χ4v) is 5.02. The Hall–Kier alpha value is -2.71. The van der Waals surface area contributed by atoms with Crippen LogP contribution in [0.5, 0.6) is 0 Å². The largest absolute Gasteiger partial charge is 0.463 e. The molecule has 0 N–H and O–H groups in total. The molecule has 1 atom stereocenters. The summed E-state index contributed by atoms with van der Waals surface area (Å²) >= 11 is 0. The lowest BCUT2D eigenvalue weighted by atomic mass is 10.0. The average Bonchev–Trinajstić information content (AvgIpc) is 3.48. The molecule has 8 heteroatoms. The lowest BCUT2D eigenvalue weighted by molar-refractivity contribution is 0.0453. The highest BCUT2D eigenvalue weighted by Crippen LogP contribution is 2.28. The second-order valence-corrected chi connectivity index (χ2v) is 9.34. The van der Waals surface area contributed by atoms with Gasteiger partial charge >= 0.3 is 0 Å². The minimum absolute atomic E-state index is 0.0499. The number of rotatable bonds is 4. The van der Waals surface area contributed by atoms with Gasteiger partial charge in [-0.1, -0.05) is 0 Å². The van der Waals surface area contributed by atoms with Crippen molar-refractivity contribution in [3.63, 3.8) is 0 Å². The number of amides is 1. The van der Waals surface area contributed by atoms with E-state index in [0.717, 1.165) is 43.8 Å². The van der Waals surface area contributed by atoms with Crippen LogP contribution in [-0.2, 0) is 0 Å². The monoisotopic (exact) mass is 436 g/mol. The highest BCUT2D eigenvalue weighted by Gasteiger charge is 2.30. The molecule has 3 aromatic heterocycles. The van der Waals surface area contributed by atoms with Crippen LogP contribution >= 0.6 is 0 Å². The molecule has 5 rings (SSSR count). The van der Waals surface area contributed by atoms with E-state index >= 15 is 0 Å². The van der Waals surface area contributed by atoms with Gasteiger partial charge in [0.2, 0.25) is 0 Å². The maximum Gasteiger partial charge on any atom is 0.254 e. The van der Waals surface area contributed by atoms with Gasteiger partial charge in [-0.3, -0.25) is 9.69 Å². The van der Waals surface area contributed by atoms with Crippen LogP contribution in [0.15, 0.2) is 35.1 Å². The number of likely N-dealkylation sites (N-methyl/N-ethyl adjacent to an activating group) is 1. The van der Waals surface area contributed by atoms with Gasteiger partial charge in [0.05, 0.1) is 23.4 Å². The van der Waals surface area contributed by atoms with Gasteiger partial charge in [0.25, 0.3) is 5.91 Å². The van der Waals surface area contributed by atoms with Crippen molar-refractivity contribution in [2.45, 2.75) is 38.8 Å². The molecular weight excluding hydrogens is 404 g/mol. The Kier molecular flexibility index (Phi) is 5.73. The zero-order valence-electron chi connectivity index (χ0n) is 19.2. The number of furan rings is 1. The van der Waals surface area contributed by atoms with Gasteiger partial charge in [-0.15, -0.1) is 0 Å². The van der Waals surface area contributed by atoms with Gasteiger partial charge in [-0.25, -0.2) is 9.67 Å². The Morgan fingerprint density at radius 3 is 2.69 bits per heavy atom. The van der Waals surface area contributed by atoms with Gasteiger partial charge in [0, 0.05) is 44.8 Å². The molecule has 3 aromatic rings.